The number of nitrogens with one attached hydrogen (secondary N) is 1. The molecule has 0 aromatic heterocycles. The molecular weight excluding hydrogens is 433 g/mol. The number of para-hydroxylation sites is 1. The summed E-state index contributed by atoms with van der Waals surface area (Å²) >= 11 is 2.13. The number of carbonyl (C=O) groups excluding carboxylic acids is 1. The Labute approximate surface area is 160 Å². The van der Waals surface area contributed by atoms with Gasteiger partial charge in [0.2, 0.25) is 0 Å². The summed E-state index contributed by atoms with van der Waals surface area (Å²) in [6.07, 6.45) is 0.902. The van der Waals surface area contributed by atoms with Gasteiger partial charge in [0.15, 0.2) is 11.5 Å². The van der Waals surface area contributed by atoms with Crippen molar-refractivity contribution in [3.05, 3.63) is 51.1 Å². The van der Waals surface area contributed by atoms with E-state index in [0.29, 0.717) is 30.2 Å². The number of fused-ring (bicyclic) bond motifs is 1. The number of benzene rings is 2. The fourth-order valence-electron chi connectivity index (χ4n) is 2.88. The van der Waals surface area contributed by atoms with Crippen LogP contribution in [-0.4, -0.2) is 33.3 Å². The number of rotatable bonds is 5. The summed E-state index contributed by atoms with van der Waals surface area (Å²) in [5.74, 6) is 2.24. The minimum absolute atomic E-state index is 0.121. The van der Waals surface area contributed by atoms with Crippen molar-refractivity contribution >= 4 is 28.5 Å². The Bertz CT molecular complexity index is 778. The summed E-state index contributed by atoms with van der Waals surface area (Å²) in [5.41, 5.74) is 1.77. The van der Waals surface area contributed by atoms with Crippen LogP contribution in [-0.2, 0) is 6.42 Å². The van der Waals surface area contributed by atoms with E-state index in [1.807, 2.05) is 18.2 Å². The summed E-state index contributed by atoms with van der Waals surface area (Å²) in [4.78, 5) is 12.6. The van der Waals surface area contributed by atoms with Crippen molar-refractivity contribution in [3.63, 3.8) is 0 Å². The van der Waals surface area contributed by atoms with Crippen molar-refractivity contribution in [2.75, 3.05) is 27.4 Å². The van der Waals surface area contributed by atoms with Gasteiger partial charge < -0.3 is 19.5 Å². The van der Waals surface area contributed by atoms with Crippen LogP contribution in [0.25, 0.3) is 0 Å². The molecule has 0 saturated carbocycles. The van der Waals surface area contributed by atoms with Crippen molar-refractivity contribution in [2.45, 2.75) is 6.42 Å². The Hall–Kier alpha value is -1.96. The lowest BCUT2D eigenvalue weighted by molar-refractivity contribution is 0.0937. The molecule has 1 heterocycles. The maximum Gasteiger partial charge on any atom is 0.252 e. The highest BCUT2D eigenvalue weighted by molar-refractivity contribution is 14.1. The number of halogens is 1. The van der Waals surface area contributed by atoms with Crippen LogP contribution in [0, 0.1) is 9.49 Å². The Balaban J connectivity index is 1.65. The van der Waals surface area contributed by atoms with Crippen molar-refractivity contribution in [1.29, 1.82) is 0 Å². The van der Waals surface area contributed by atoms with E-state index in [0.717, 1.165) is 15.7 Å². The van der Waals surface area contributed by atoms with E-state index in [4.69, 9.17) is 14.2 Å². The van der Waals surface area contributed by atoms with Crippen LogP contribution in [0.2, 0.25) is 0 Å². The van der Waals surface area contributed by atoms with Gasteiger partial charge in [-0.25, -0.2) is 0 Å². The molecule has 1 atom stereocenters. The minimum Gasteiger partial charge on any atom is -0.493 e. The third-order valence-electron chi connectivity index (χ3n) is 4.22. The second-order valence-corrected chi connectivity index (χ2v) is 7.05. The molecule has 0 radical (unpaired) electrons. The second kappa shape index (κ2) is 7.95. The zero-order valence-electron chi connectivity index (χ0n) is 14.2. The first-order valence-electron chi connectivity index (χ1n) is 8.02. The van der Waals surface area contributed by atoms with Crippen molar-refractivity contribution in [3.8, 4) is 17.2 Å². The first kappa shape index (κ1) is 17.8. The van der Waals surface area contributed by atoms with E-state index in [-0.39, 0.29) is 11.8 Å². The van der Waals surface area contributed by atoms with Crippen molar-refractivity contribution in [1.82, 2.24) is 5.32 Å². The molecule has 0 bridgehead atoms. The van der Waals surface area contributed by atoms with Crippen molar-refractivity contribution in [2.24, 2.45) is 5.92 Å². The summed E-state index contributed by atoms with van der Waals surface area (Å²) < 4.78 is 17.1. The molecule has 2 aromatic rings. The van der Waals surface area contributed by atoms with Crippen LogP contribution < -0.4 is 19.5 Å². The summed E-state index contributed by atoms with van der Waals surface area (Å²) in [6, 6.07) is 11.5. The number of amides is 1. The van der Waals surface area contributed by atoms with Gasteiger partial charge in [0.25, 0.3) is 5.91 Å². The zero-order valence-corrected chi connectivity index (χ0v) is 16.3. The SMILES string of the molecule is COc1cc(I)c(C(=O)NCC2COc3ccccc3C2)cc1OC. The molecule has 1 aliphatic rings. The molecule has 2 aromatic carbocycles. The molecule has 0 saturated heterocycles. The highest BCUT2D eigenvalue weighted by Gasteiger charge is 2.21. The van der Waals surface area contributed by atoms with E-state index in [1.165, 1.54) is 5.56 Å². The van der Waals surface area contributed by atoms with E-state index in [2.05, 4.69) is 34.0 Å². The summed E-state index contributed by atoms with van der Waals surface area (Å²) in [6.45, 7) is 1.18. The molecular formula is C19H20INO4. The zero-order chi connectivity index (χ0) is 17.8. The van der Waals surface area contributed by atoms with Gasteiger partial charge in [0.05, 0.1) is 26.4 Å². The second-order valence-electron chi connectivity index (χ2n) is 5.89. The summed E-state index contributed by atoms with van der Waals surface area (Å²) in [7, 11) is 3.14. The molecule has 3 rings (SSSR count). The van der Waals surface area contributed by atoms with Gasteiger partial charge in [0.1, 0.15) is 5.75 Å². The highest BCUT2D eigenvalue weighted by Crippen LogP contribution is 2.31. The Morgan fingerprint density at radius 3 is 2.72 bits per heavy atom. The standard InChI is InChI=1S/C19H20INO4/c1-23-17-8-14(15(20)9-18(17)24-2)19(22)21-10-12-7-13-5-3-4-6-16(13)25-11-12/h3-6,8-9,12H,7,10-11H2,1-2H3,(H,21,22). The molecule has 0 spiro atoms. The normalized spacial score (nSPS) is 15.7. The summed E-state index contributed by atoms with van der Waals surface area (Å²) in [5, 5.41) is 3.01. The highest BCUT2D eigenvalue weighted by atomic mass is 127. The lowest BCUT2D eigenvalue weighted by Gasteiger charge is -2.25. The average Bonchev–Trinajstić information content (AvgIpc) is 2.65. The average molecular weight is 453 g/mol. The predicted octanol–water partition coefficient (Wildman–Crippen LogP) is 3.29. The van der Waals surface area contributed by atoms with Gasteiger partial charge in [-0.05, 0) is 52.8 Å². The number of hydrogen-bond donors (Lipinski definition) is 1. The van der Waals surface area contributed by atoms with Crippen LogP contribution in [0.3, 0.4) is 0 Å². The van der Waals surface area contributed by atoms with Crippen LogP contribution in [0.4, 0.5) is 0 Å². The van der Waals surface area contributed by atoms with Gasteiger partial charge >= 0.3 is 0 Å². The minimum atomic E-state index is -0.121. The monoisotopic (exact) mass is 453 g/mol. The number of hydrogen-bond acceptors (Lipinski definition) is 4. The van der Waals surface area contributed by atoms with E-state index >= 15 is 0 Å². The van der Waals surface area contributed by atoms with Gasteiger partial charge in [-0.15, -0.1) is 0 Å². The topological polar surface area (TPSA) is 56.8 Å². The Kier molecular flexibility index (Phi) is 5.67. The molecule has 5 nitrogen and oxygen atoms in total. The quantitative estimate of drug-likeness (QED) is 0.707. The molecule has 1 N–H and O–H groups in total. The maximum absolute atomic E-state index is 12.6. The molecule has 132 valence electrons. The van der Waals surface area contributed by atoms with Crippen LogP contribution in [0.1, 0.15) is 15.9 Å². The van der Waals surface area contributed by atoms with Gasteiger partial charge in [0, 0.05) is 16.0 Å². The number of carbonyl (C=O) groups is 1. The van der Waals surface area contributed by atoms with Crippen LogP contribution in [0.15, 0.2) is 36.4 Å². The lowest BCUT2D eigenvalue weighted by Crippen LogP contribution is -2.35. The molecule has 1 amide bonds. The molecule has 25 heavy (non-hydrogen) atoms. The van der Waals surface area contributed by atoms with Crippen LogP contribution >= 0.6 is 22.6 Å². The molecule has 0 fully saturated rings. The van der Waals surface area contributed by atoms with Crippen molar-refractivity contribution < 1.29 is 19.0 Å². The predicted molar refractivity (Wildman–Crippen MR) is 104 cm³/mol. The number of ether oxygens (including phenoxy) is 3. The molecule has 1 unspecified atom stereocenters. The largest absolute Gasteiger partial charge is 0.493 e. The lowest BCUT2D eigenvalue weighted by atomic mass is 9.96. The van der Waals surface area contributed by atoms with Gasteiger partial charge in [-0.1, -0.05) is 18.2 Å². The first-order chi connectivity index (χ1) is 12.1. The Morgan fingerprint density at radius 2 is 1.96 bits per heavy atom. The van der Waals surface area contributed by atoms with E-state index in [9.17, 15) is 4.79 Å². The first-order valence-corrected chi connectivity index (χ1v) is 9.10. The van der Waals surface area contributed by atoms with E-state index < -0.39 is 0 Å². The third kappa shape index (κ3) is 4.00. The molecule has 6 heteroatoms. The smallest absolute Gasteiger partial charge is 0.252 e. The number of methoxy groups -OCH3 is 2. The van der Waals surface area contributed by atoms with Gasteiger partial charge in [-0.2, -0.15) is 0 Å². The van der Waals surface area contributed by atoms with Gasteiger partial charge in [-0.3, -0.25) is 4.79 Å². The fourth-order valence-corrected chi connectivity index (χ4v) is 3.57. The fraction of sp³-hybridized carbons (Fsp3) is 0.316. The molecule has 1 aliphatic heterocycles. The maximum atomic E-state index is 12.6. The molecule has 0 aliphatic carbocycles. The third-order valence-corrected chi connectivity index (χ3v) is 5.12. The van der Waals surface area contributed by atoms with E-state index in [1.54, 1.807) is 26.4 Å². The Morgan fingerprint density at radius 1 is 1.24 bits per heavy atom. The van der Waals surface area contributed by atoms with Crippen LogP contribution in [0.5, 0.6) is 17.2 Å².